The van der Waals surface area contributed by atoms with Crippen LogP contribution in [0.2, 0.25) is 0 Å². The van der Waals surface area contributed by atoms with Crippen LogP contribution >= 0.6 is 0 Å². The van der Waals surface area contributed by atoms with Gasteiger partial charge in [0, 0.05) is 0 Å². The Morgan fingerprint density at radius 2 is 1.30 bits per heavy atom. The second-order valence-corrected chi connectivity index (χ2v) is 9.77. The molecular weight excluding hydrogens is 463 g/mol. The summed E-state index contributed by atoms with van der Waals surface area (Å²) >= 11 is 0. The van der Waals surface area contributed by atoms with E-state index in [0.717, 1.165) is 19.3 Å². The molecule has 0 spiro atoms. The Labute approximate surface area is 242 Å². The Morgan fingerprint density at radius 3 is 1.82 bits per heavy atom. The summed E-state index contributed by atoms with van der Waals surface area (Å²) < 4.78 is 38.9. The SMILES string of the molecule is CCCCCCCCCCCCCCc1ccc(Oc2ccccc2)c(S(=O)(=O)O)c1[O-].[K+]. The first-order valence-electron chi connectivity index (χ1n) is 12.0. The Hall–Kier alpha value is -0.414. The minimum Gasteiger partial charge on any atom is -0.871 e. The zero-order valence-corrected chi connectivity index (χ0v) is 24.2. The molecule has 0 unspecified atom stereocenters. The average Bonchev–Trinajstić information content (AvgIpc) is 2.75. The molecule has 0 heterocycles. The van der Waals surface area contributed by atoms with E-state index in [-0.39, 0.29) is 57.1 Å². The van der Waals surface area contributed by atoms with Gasteiger partial charge < -0.3 is 9.84 Å². The summed E-state index contributed by atoms with van der Waals surface area (Å²) in [6.07, 6.45) is 15.2. The molecule has 0 saturated heterocycles. The Balaban J connectivity index is 0.00000544. The van der Waals surface area contributed by atoms with Crippen LogP contribution < -0.4 is 61.2 Å². The predicted molar refractivity (Wildman–Crippen MR) is 127 cm³/mol. The minimum atomic E-state index is -4.70. The Morgan fingerprint density at radius 1 is 0.788 bits per heavy atom. The van der Waals surface area contributed by atoms with Crippen molar-refractivity contribution in [2.75, 3.05) is 0 Å². The van der Waals surface area contributed by atoms with E-state index in [9.17, 15) is 18.1 Å². The quantitative estimate of drug-likeness (QED) is 0.213. The molecule has 2 aromatic carbocycles. The number of hydrogen-bond acceptors (Lipinski definition) is 4. The van der Waals surface area contributed by atoms with E-state index in [0.29, 0.717) is 17.7 Å². The molecule has 0 fully saturated rings. The van der Waals surface area contributed by atoms with E-state index >= 15 is 0 Å². The van der Waals surface area contributed by atoms with Gasteiger partial charge in [0.25, 0.3) is 10.1 Å². The van der Waals surface area contributed by atoms with Crippen molar-refractivity contribution in [1.29, 1.82) is 0 Å². The monoisotopic (exact) mass is 500 g/mol. The standard InChI is InChI=1S/C26H38O5S.K/c1-2-3-4-5-6-7-8-9-10-11-12-14-17-22-20-21-24(26(25(22)27)32(28,29)30)31-23-18-15-13-16-19-23;/h13,15-16,18-21,27H,2-12,14,17H2,1H3,(H,28,29,30);/q;+1/p-1. The third-order valence-electron chi connectivity index (χ3n) is 5.69. The average molecular weight is 501 g/mol. The summed E-state index contributed by atoms with van der Waals surface area (Å²) in [6.45, 7) is 2.24. The van der Waals surface area contributed by atoms with E-state index in [1.54, 1.807) is 36.4 Å². The number of para-hydroxylation sites is 1. The van der Waals surface area contributed by atoms with Crippen molar-refractivity contribution in [1.82, 2.24) is 0 Å². The molecule has 0 aliphatic heterocycles. The van der Waals surface area contributed by atoms with Crippen molar-refractivity contribution in [3.63, 3.8) is 0 Å². The molecule has 178 valence electrons. The van der Waals surface area contributed by atoms with Gasteiger partial charge in [0.2, 0.25) is 0 Å². The van der Waals surface area contributed by atoms with E-state index in [2.05, 4.69) is 6.92 Å². The number of rotatable bonds is 16. The number of unbranched alkanes of at least 4 members (excludes halogenated alkanes) is 11. The van der Waals surface area contributed by atoms with E-state index in [4.69, 9.17) is 4.74 Å². The molecule has 7 heteroatoms. The topological polar surface area (TPSA) is 86.7 Å². The van der Waals surface area contributed by atoms with Crippen LogP contribution in [-0.2, 0) is 16.5 Å². The molecule has 0 amide bonds. The number of benzene rings is 2. The summed E-state index contributed by atoms with van der Waals surface area (Å²) in [5.41, 5.74) is 0.394. The molecule has 0 aromatic heterocycles. The van der Waals surface area contributed by atoms with Crippen LogP contribution in [-0.4, -0.2) is 13.0 Å². The van der Waals surface area contributed by atoms with Crippen LogP contribution in [0, 0.1) is 0 Å². The largest absolute Gasteiger partial charge is 1.00 e. The number of ether oxygens (including phenoxy) is 1. The summed E-state index contributed by atoms with van der Waals surface area (Å²) in [5, 5.41) is 12.7. The Bertz CT molecular complexity index is 900. The summed E-state index contributed by atoms with van der Waals surface area (Å²) in [4.78, 5) is -0.683. The van der Waals surface area contributed by atoms with Crippen LogP contribution in [0.15, 0.2) is 47.4 Å². The van der Waals surface area contributed by atoms with Crippen molar-refractivity contribution in [2.45, 2.75) is 95.3 Å². The molecule has 5 nitrogen and oxygen atoms in total. The normalized spacial score (nSPS) is 11.2. The molecule has 2 aromatic rings. The van der Waals surface area contributed by atoms with Gasteiger partial charge in [-0.05, 0) is 31.0 Å². The second-order valence-electron chi connectivity index (χ2n) is 8.41. The fourth-order valence-electron chi connectivity index (χ4n) is 3.88. The van der Waals surface area contributed by atoms with E-state index < -0.39 is 20.8 Å². The van der Waals surface area contributed by atoms with Gasteiger partial charge in [-0.15, -0.1) is 0 Å². The van der Waals surface area contributed by atoms with Crippen LogP contribution in [0.1, 0.15) is 89.5 Å². The first kappa shape index (κ1) is 30.6. The maximum atomic E-state index is 12.7. The number of aryl methyl sites for hydroxylation is 1. The summed E-state index contributed by atoms with van der Waals surface area (Å²) in [5.74, 6) is -0.434. The molecular formula is C26H37KO5S. The molecule has 2 rings (SSSR count). The fourth-order valence-corrected chi connectivity index (χ4v) is 4.61. The smallest absolute Gasteiger partial charge is 0.871 e. The molecule has 0 bridgehead atoms. The first-order valence-corrected chi connectivity index (χ1v) is 13.4. The van der Waals surface area contributed by atoms with Gasteiger partial charge in [-0.1, -0.05) is 113 Å². The van der Waals surface area contributed by atoms with Crippen molar-refractivity contribution >= 4 is 10.1 Å². The van der Waals surface area contributed by atoms with E-state index in [1.165, 1.54) is 63.9 Å². The third kappa shape index (κ3) is 11.7. The van der Waals surface area contributed by atoms with Crippen molar-refractivity contribution in [2.24, 2.45) is 0 Å². The fraction of sp³-hybridized carbons (Fsp3) is 0.538. The van der Waals surface area contributed by atoms with Crippen LogP contribution in [0.3, 0.4) is 0 Å². The molecule has 0 atom stereocenters. The van der Waals surface area contributed by atoms with Gasteiger partial charge >= 0.3 is 51.4 Å². The third-order valence-corrected chi connectivity index (χ3v) is 6.59. The molecule has 0 aliphatic rings. The maximum absolute atomic E-state index is 12.7. The van der Waals surface area contributed by atoms with Gasteiger partial charge in [0.05, 0.1) is 0 Å². The van der Waals surface area contributed by atoms with Crippen molar-refractivity contribution in [3.05, 3.63) is 48.0 Å². The van der Waals surface area contributed by atoms with Crippen LogP contribution in [0.5, 0.6) is 17.2 Å². The van der Waals surface area contributed by atoms with Crippen molar-refractivity contribution in [3.8, 4) is 17.2 Å². The van der Waals surface area contributed by atoms with Gasteiger partial charge in [-0.25, -0.2) is 0 Å². The van der Waals surface area contributed by atoms with Crippen LogP contribution in [0.25, 0.3) is 0 Å². The predicted octanol–water partition coefficient (Wildman–Crippen LogP) is 4.05. The van der Waals surface area contributed by atoms with Gasteiger partial charge in [0.15, 0.2) is 0 Å². The maximum Gasteiger partial charge on any atom is 1.00 e. The number of hydrogen-bond donors (Lipinski definition) is 1. The minimum absolute atomic E-state index is 0. The van der Waals surface area contributed by atoms with Crippen LogP contribution in [0.4, 0.5) is 0 Å². The molecule has 0 saturated carbocycles. The van der Waals surface area contributed by atoms with Gasteiger partial charge in [0.1, 0.15) is 16.4 Å². The first-order chi connectivity index (χ1) is 15.4. The molecule has 0 radical (unpaired) electrons. The summed E-state index contributed by atoms with van der Waals surface area (Å²) in [7, 11) is -4.70. The molecule has 0 aliphatic carbocycles. The van der Waals surface area contributed by atoms with Crippen molar-refractivity contribution < 1.29 is 74.2 Å². The Kier molecular flexibility index (Phi) is 15.9. The molecule has 33 heavy (non-hydrogen) atoms. The van der Waals surface area contributed by atoms with Gasteiger partial charge in [-0.3, -0.25) is 4.55 Å². The molecule has 1 N–H and O–H groups in total. The zero-order valence-electron chi connectivity index (χ0n) is 20.2. The summed E-state index contributed by atoms with van der Waals surface area (Å²) in [6, 6.07) is 11.6. The zero-order chi connectivity index (χ0) is 23.2. The van der Waals surface area contributed by atoms with E-state index in [1.807, 2.05) is 0 Å². The van der Waals surface area contributed by atoms with Gasteiger partial charge in [-0.2, -0.15) is 8.42 Å². The second kappa shape index (κ2) is 17.1.